The maximum Gasteiger partial charge on any atom is 0.272 e. The smallest absolute Gasteiger partial charge is 0.272 e. The van der Waals surface area contributed by atoms with Gasteiger partial charge in [-0.05, 0) is 30.2 Å². The molecule has 0 aliphatic heterocycles. The van der Waals surface area contributed by atoms with Crippen LogP contribution >= 0.6 is 0 Å². The zero-order valence-electron chi connectivity index (χ0n) is 15.0. The fourth-order valence-electron chi connectivity index (χ4n) is 2.12. The molecule has 0 radical (unpaired) electrons. The molecule has 0 bridgehead atoms. The summed E-state index contributed by atoms with van der Waals surface area (Å²) in [5.41, 5.74) is 1.82. The van der Waals surface area contributed by atoms with Crippen molar-refractivity contribution >= 4 is 17.6 Å². The van der Waals surface area contributed by atoms with Crippen LogP contribution in [0.3, 0.4) is 0 Å². The van der Waals surface area contributed by atoms with Crippen LogP contribution in [0.2, 0.25) is 0 Å². The largest absolute Gasteiger partial charge is 0.472 e. The molecule has 2 aromatic rings. The number of carbonyl (C=O) groups excluding carboxylic acids is 2. The Morgan fingerprint density at radius 3 is 2.70 bits per heavy atom. The molecule has 7 nitrogen and oxygen atoms in total. The van der Waals surface area contributed by atoms with Crippen LogP contribution in [0.25, 0.3) is 0 Å². The van der Waals surface area contributed by atoms with E-state index in [-0.39, 0.29) is 24.2 Å². The summed E-state index contributed by atoms with van der Waals surface area (Å²) in [6, 6.07) is 4.55. The van der Waals surface area contributed by atoms with Crippen molar-refractivity contribution in [2.45, 2.75) is 33.2 Å². The highest BCUT2D eigenvalue weighted by Gasteiger charge is 2.10. The molecule has 2 rings (SSSR count). The lowest BCUT2D eigenvalue weighted by Crippen LogP contribution is -2.23. The Morgan fingerprint density at radius 1 is 1.26 bits per heavy atom. The number of hydrogen-bond donors (Lipinski definition) is 2. The highest BCUT2D eigenvalue weighted by atomic mass is 19.3. The minimum absolute atomic E-state index is 0.105. The van der Waals surface area contributed by atoms with Crippen molar-refractivity contribution in [3.8, 4) is 5.88 Å². The fourth-order valence-corrected chi connectivity index (χ4v) is 2.12. The minimum Gasteiger partial charge on any atom is -0.472 e. The molecule has 0 aromatic carbocycles. The van der Waals surface area contributed by atoms with Crippen LogP contribution < -0.4 is 15.4 Å². The first-order chi connectivity index (χ1) is 12.9. The lowest BCUT2D eigenvalue weighted by Gasteiger charge is -2.10. The number of anilines is 1. The van der Waals surface area contributed by atoms with E-state index in [2.05, 4.69) is 20.6 Å². The Labute approximate surface area is 155 Å². The van der Waals surface area contributed by atoms with Crippen LogP contribution in [0.4, 0.5) is 14.6 Å². The fraction of sp³-hybridized carbons (Fsp3) is 0.333. The van der Waals surface area contributed by atoms with Gasteiger partial charge in [-0.1, -0.05) is 6.92 Å². The van der Waals surface area contributed by atoms with E-state index in [4.69, 9.17) is 4.74 Å². The van der Waals surface area contributed by atoms with Gasteiger partial charge in [-0.2, -0.15) is 0 Å². The van der Waals surface area contributed by atoms with E-state index in [1.54, 1.807) is 13.8 Å². The molecule has 0 aliphatic rings. The lowest BCUT2D eigenvalue weighted by atomic mass is 10.1. The molecule has 0 spiro atoms. The molecule has 144 valence electrons. The number of pyridine rings is 2. The summed E-state index contributed by atoms with van der Waals surface area (Å²) in [6.07, 6.45) is 0.637. The second-order valence-electron chi connectivity index (χ2n) is 5.67. The predicted molar refractivity (Wildman–Crippen MR) is 94.8 cm³/mol. The first-order valence-corrected chi connectivity index (χ1v) is 8.29. The molecular formula is C18H20F2N4O3. The number of rotatable bonds is 8. The Balaban J connectivity index is 1.97. The normalized spacial score (nSPS) is 10.6. The van der Waals surface area contributed by atoms with E-state index in [0.717, 1.165) is 11.1 Å². The summed E-state index contributed by atoms with van der Waals surface area (Å²) in [7, 11) is 0. The standard InChI is InChI=1S/C18H20F2N4O3/c1-3-16(25)24-15-7-12(4-5-21-15)18(26)23-9-13-8-22-17(6-11(13)2)27-10-14(19)20/h4-8,14H,3,9-10H2,1-2H3,(H,23,26)(H,21,24,25). The van der Waals surface area contributed by atoms with Gasteiger partial charge < -0.3 is 15.4 Å². The second-order valence-corrected chi connectivity index (χ2v) is 5.67. The highest BCUT2D eigenvalue weighted by molar-refractivity contribution is 5.96. The summed E-state index contributed by atoms with van der Waals surface area (Å²) in [5, 5.41) is 5.33. The molecule has 0 saturated carbocycles. The first-order valence-electron chi connectivity index (χ1n) is 8.29. The number of nitrogens with zero attached hydrogens (tertiary/aromatic N) is 2. The third-order valence-electron chi connectivity index (χ3n) is 3.60. The summed E-state index contributed by atoms with van der Waals surface area (Å²) in [6.45, 7) is 2.96. The average molecular weight is 378 g/mol. The summed E-state index contributed by atoms with van der Waals surface area (Å²) in [5.74, 6) is -0.140. The number of nitrogens with one attached hydrogen (secondary N) is 2. The molecule has 2 amide bonds. The van der Waals surface area contributed by atoms with Gasteiger partial charge in [-0.25, -0.2) is 18.7 Å². The third kappa shape index (κ3) is 6.28. The Bertz CT molecular complexity index is 815. The predicted octanol–water partition coefficient (Wildman–Crippen LogP) is 2.71. The van der Waals surface area contributed by atoms with E-state index in [1.165, 1.54) is 30.6 Å². The molecule has 27 heavy (non-hydrogen) atoms. The van der Waals surface area contributed by atoms with Gasteiger partial charge in [0.1, 0.15) is 5.82 Å². The van der Waals surface area contributed by atoms with Crippen molar-refractivity contribution in [1.29, 1.82) is 0 Å². The molecule has 0 aliphatic carbocycles. The van der Waals surface area contributed by atoms with Gasteiger partial charge >= 0.3 is 0 Å². The van der Waals surface area contributed by atoms with Gasteiger partial charge in [-0.3, -0.25) is 9.59 Å². The monoisotopic (exact) mass is 378 g/mol. The van der Waals surface area contributed by atoms with Gasteiger partial charge in [0.05, 0.1) is 0 Å². The number of aryl methyl sites for hydroxylation is 1. The molecule has 0 fully saturated rings. The van der Waals surface area contributed by atoms with Crippen molar-refractivity contribution in [2.24, 2.45) is 0 Å². The number of halogens is 2. The minimum atomic E-state index is -2.57. The Kier molecular flexibility index (Phi) is 7.16. The van der Waals surface area contributed by atoms with Gasteiger partial charge in [0.15, 0.2) is 6.61 Å². The molecule has 2 aromatic heterocycles. The second kappa shape index (κ2) is 9.56. The zero-order chi connectivity index (χ0) is 19.8. The summed E-state index contributed by atoms with van der Waals surface area (Å²) in [4.78, 5) is 31.7. The number of ether oxygens (including phenoxy) is 1. The van der Waals surface area contributed by atoms with Crippen molar-refractivity contribution in [2.75, 3.05) is 11.9 Å². The Hall–Kier alpha value is -3.10. The molecular weight excluding hydrogens is 358 g/mol. The zero-order valence-corrected chi connectivity index (χ0v) is 15.0. The third-order valence-corrected chi connectivity index (χ3v) is 3.60. The van der Waals surface area contributed by atoms with Gasteiger partial charge in [0.2, 0.25) is 11.8 Å². The van der Waals surface area contributed by atoms with Crippen molar-refractivity contribution in [3.05, 3.63) is 47.3 Å². The van der Waals surface area contributed by atoms with E-state index in [1.807, 2.05) is 0 Å². The quantitative estimate of drug-likeness (QED) is 0.737. The van der Waals surface area contributed by atoms with Crippen LogP contribution in [0.5, 0.6) is 5.88 Å². The molecule has 0 saturated heterocycles. The molecule has 0 atom stereocenters. The van der Waals surface area contributed by atoms with E-state index >= 15 is 0 Å². The number of aromatic nitrogens is 2. The van der Waals surface area contributed by atoms with E-state index in [9.17, 15) is 18.4 Å². The van der Waals surface area contributed by atoms with Crippen molar-refractivity contribution < 1.29 is 23.1 Å². The van der Waals surface area contributed by atoms with Crippen LogP contribution in [0.1, 0.15) is 34.8 Å². The lowest BCUT2D eigenvalue weighted by molar-refractivity contribution is -0.115. The van der Waals surface area contributed by atoms with Crippen LogP contribution in [0.15, 0.2) is 30.6 Å². The van der Waals surface area contributed by atoms with Gasteiger partial charge in [0.25, 0.3) is 12.3 Å². The topological polar surface area (TPSA) is 93.2 Å². The van der Waals surface area contributed by atoms with Crippen LogP contribution in [-0.4, -0.2) is 34.8 Å². The van der Waals surface area contributed by atoms with E-state index < -0.39 is 13.0 Å². The molecule has 0 unspecified atom stereocenters. The van der Waals surface area contributed by atoms with E-state index in [0.29, 0.717) is 17.8 Å². The first kappa shape index (κ1) is 20.2. The Morgan fingerprint density at radius 2 is 2.04 bits per heavy atom. The highest BCUT2D eigenvalue weighted by Crippen LogP contribution is 2.15. The number of amides is 2. The number of hydrogen-bond acceptors (Lipinski definition) is 5. The maximum atomic E-state index is 12.3. The van der Waals surface area contributed by atoms with Gasteiger partial charge in [0, 0.05) is 37.0 Å². The number of carbonyl (C=O) groups is 2. The molecule has 2 heterocycles. The van der Waals surface area contributed by atoms with Crippen LogP contribution in [0, 0.1) is 6.92 Å². The van der Waals surface area contributed by atoms with Crippen LogP contribution in [-0.2, 0) is 11.3 Å². The SMILES string of the molecule is CCC(=O)Nc1cc(C(=O)NCc2cnc(OCC(F)F)cc2C)ccn1. The van der Waals surface area contributed by atoms with Crippen molar-refractivity contribution in [1.82, 2.24) is 15.3 Å². The molecule has 2 N–H and O–H groups in total. The summed E-state index contributed by atoms with van der Waals surface area (Å²) < 4.78 is 29.2. The van der Waals surface area contributed by atoms with Crippen molar-refractivity contribution in [3.63, 3.8) is 0 Å². The van der Waals surface area contributed by atoms with Gasteiger partial charge in [-0.15, -0.1) is 0 Å². The summed E-state index contributed by atoms with van der Waals surface area (Å²) >= 11 is 0. The molecule has 9 heteroatoms. The number of alkyl halides is 2. The maximum absolute atomic E-state index is 12.3. The average Bonchev–Trinajstić information content (AvgIpc) is 2.65.